The first-order valence-electron chi connectivity index (χ1n) is 5.51. The molecule has 0 bridgehead atoms. The van der Waals surface area contributed by atoms with Crippen LogP contribution in [0.5, 0.6) is 0 Å². The minimum atomic E-state index is -4.71. The summed E-state index contributed by atoms with van der Waals surface area (Å²) in [6.45, 7) is -0.777. The second-order valence-corrected chi connectivity index (χ2v) is 4.50. The fraction of sp³-hybridized carbons (Fsp3) is 0.182. The van der Waals surface area contributed by atoms with E-state index in [2.05, 4.69) is 17.5 Å². The van der Waals surface area contributed by atoms with E-state index < -0.39 is 30.5 Å². The van der Waals surface area contributed by atoms with Crippen molar-refractivity contribution < 1.29 is 33.0 Å². The minimum Gasteiger partial charge on any atom is -0.465 e. The Kier molecular flexibility index (Phi) is 5.14. The van der Waals surface area contributed by atoms with Crippen molar-refractivity contribution in [3.05, 3.63) is 29.3 Å². The van der Waals surface area contributed by atoms with Crippen LogP contribution in [0.1, 0.15) is 11.1 Å². The number of benzene rings is 1. The topological polar surface area (TPSA) is 116 Å². The van der Waals surface area contributed by atoms with Gasteiger partial charge in [0.25, 0.3) is 0 Å². The van der Waals surface area contributed by atoms with Crippen molar-refractivity contribution in [1.82, 2.24) is 4.90 Å². The quantitative estimate of drug-likeness (QED) is 0.626. The number of hydrogen-bond donors (Lipinski definition) is 4. The van der Waals surface area contributed by atoms with E-state index in [-0.39, 0.29) is 21.3 Å². The predicted molar refractivity (Wildman–Crippen MR) is 73.4 cm³/mol. The first kappa shape index (κ1) is 17.5. The average Bonchev–Trinajstić information content (AvgIpc) is 2.33. The summed E-state index contributed by atoms with van der Waals surface area (Å²) in [6, 6.07) is 2.48. The number of carbonyl (C=O) groups is 2. The van der Waals surface area contributed by atoms with Crippen molar-refractivity contribution in [1.29, 1.82) is 0 Å². The molecule has 0 radical (unpaired) electrons. The molecule has 0 fully saturated rings. The van der Waals surface area contributed by atoms with Gasteiger partial charge in [-0.1, -0.05) is 0 Å². The number of rotatable bonds is 3. The van der Waals surface area contributed by atoms with E-state index in [1.807, 2.05) is 0 Å². The molecular formula is C11H10F3N3O4S. The standard InChI is InChI=1S/C11H10F3N3O4S/c12-11(13,14)6-1-5(2-7(3-6)16-8(15)22)4-17(9(18)19)10(20)21/h1-3H,4H2,(H,18,19)(H,20,21)(H3,15,16,22). The Morgan fingerprint density at radius 1 is 1.23 bits per heavy atom. The highest BCUT2D eigenvalue weighted by Crippen LogP contribution is 2.32. The number of anilines is 1. The SMILES string of the molecule is NC(=S)Nc1cc(CN(C(=O)O)C(=O)O)cc(C(F)(F)F)c1. The first-order chi connectivity index (χ1) is 10.0. The summed E-state index contributed by atoms with van der Waals surface area (Å²) >= 11 is 4.52. The van der Waals surface area contributed by atoms with Crippen LogP contribution in [-0.4, -0.2) is 32.4 Å². The number of imide groups is 1. The lowest BCUT2D eigenvalue weighted by Crippen LogP contribution is -2.34. The van der Waals surface area contributed by atoms with Crippen LogP contribution in [0.3, 0.4) is 0 Å². The molecule has 0 aromatic heterocycles. The van der Waals surface area contributed by atoms with Crippen LogP contribution >= 0.6 is 12.2 Å². The van der Waals surface area contributed by atoms with Crippen molar-refractivity contribution in [3.8, 4) is 0 Å². The van der Waals surface area contributed by atoms with E-state index in [0.29, 0.717) is 12.1 Å². The molecular weight excluding hydrogens is 327 g/mol. The smallest absolute Gasteiger partial charge is 0.417 e. The molecule has 120 valence electrons. The Bertz CT molecular complexity index is 607. The number of nitrogens with two attached hydrogens (primary N) is 1. The minimum absolute atomic E-state index is 0.0555. The second-order valence-electron chi connectivity index (χ2n) is 4.06. The van der Waals surface area contributed by atoms with E-state index in [1.165, 1.54) is 0 Å². The summed E-state index contributed by atoms with van der Waals surface area (Å²) in [6.07, 6.45) is -8.33. The van der Waals surface area contributed by atoms with Crippen molar-refractivity contribution in [2.24, 2.45) is 5.73 Å². The van der Waals surface area contributed by atoms with Crippen molar-refractivity contribution in [3.63, 3.8) is 0 Å². The number of amides is 2. The zero-order chi connectivity index (χ0) is 17.1. The number of alkyl halides is 3. The Morgan fingerprint density at radius 2 is 1.77 bits per heavy atom. The Labute approximate surface area is 127 Å². The monoisotopic (exact) mass is 337 g/mol. The van der Waals surface area contributed by atoms with E-state index >= 15 is 0 Å². The number of nitrogens with zero attached hydrogens (tertiary/aromatic N) is 1. The Hall–Kier alpha value is -2.56. The molecule has 0 aliphatic rings. The van der Waals surface area contributed by atoms with Gasteiger partial charge in [-0.05, 0) is 36.0 Å². The Balaban J connectivity index is 3.25. The van der Waals surface area contributed by atoms with Gasteiger partial charge in [0.1, 0.15) is 0 Å². The second kappa shape index (κ2) is 6.47. The lowest BCUT2D eigenvalue weighted by atomic mass is 10.1. The summed E-state index contributed by atoms with van der Waals surface area (Å²) in [5.74, 6) is 0. The summed E-state index contributed by atoms with van der Waals surface area (Å²) in [7, 11) is 0. The highest BCUT2D eigenvalue weighted by Gasteiger charge is 2.32. The number of hydrogen-bond acceptors (Lipinski definition) is 3. The molecule has 2 amide bonds. The van der Waals surface area contributed by atoms with Gasteiger partial charge in [-0.25, -0.2) is 14.5 Å². The zero-order valence-corrected chi connectivity index (χ0v) is 11.5. The number of nitrogens with one attached hydrogen (secondary N) is 1. The number of halogens is 3. The number of carboxylic acid groups (broad SMARTS) is 2. The lowest BCUT2D eigenvalue weighted by Gasteiger charge is -2.16. The number of thiocarbonyl (C=S) groups is 1. The molecule has 0 heterocycles. The van der Waals surface area contributed by atoms with Gasteiger partial charge >= 0.3 is 18.4 Å². The molecule has 7 nitrogen and oxygen atoms in total. The molecule has 1 aromatic rings. The average molecular weight is 337 g/mol. The maximum atomic E-state index is 12.8. The van der Waals surface area contributed by atoms with Crippen LogP contribution in [0.25, 0.3) is 0 Å². The maximum absolute atomic E-state index is 12.8. The highest BCUT2D eigenvalue weighted by molar-refractivity contribution is 7.80. The van der Waals surface area contributed by atoms with Crippen LogP contribution < -0.4 is 11.1 Å². The molecule has 0 saturated heterocycles. The van der Waals surface area contributed by atoms with E-state index in [1.54, 1.807) is 0 Å². The van der Waals surface area contributed by atoms with E-state index in [4.69, 9.17) is 15.9 Å². The van der Waals surface area contributed by atoms with Gasteiger partial charge < -0.3 is 21.3 Å². The summed E-state index contributed by atoms with van der Waals surface area (Å²) in [4.78, 5) is 21.5. The molecule has 0 unspecified atom stereocenters. The van der Waals surface area contributed by atoms with Crippen LogP contribution in [0.4, 0.5) is 28.4 Å². The van der Waals surface area contributed by atoms with Gasteiger partial charge in [0.2, 0.25) is 0 Å². The van der Waals surface area contributed by atoms with Gasteiger partial charge in [-0.3, -0.25) is 0 Å². The molecule has 0 aliphatic heterocycles. The fourth-order valence-electron chi connectivity index (χ4n) is 1.56. The van der Waals surface area contributed by atoms with Gasteiger partial charge in [-0.15, -0.1) is 0 Å². The molecule has 0 spiro atoms. The third-order valence-corrected chi connectivity index (χ3v) is 2.49. The highest BCUT2D eigenvalue weighted by atomic mass is 32.1. The Morgan fingerprint density at radius 3 is 2.18 bits per heavy atom. The van der Waals surface area contributed by atoms with Gasteiger partial charge in [-0.2, -0.15) is 13.2 Å². The lowest BCUT2D eigenvalue weighted by molar-refractivity contribution is -0.137. The van der Waals surface area contributed by atoms with Crippen molar-refractivity contribution in [2.45, 2.75) is 12.7 Å². The molecule has 1 aromatic carbocycles. The van der Waals surface area contributed by atoms with Gasteiger partial charge in [0.05, 0.1) is 12.1 Å². The molecule has 0 aliphatic carbocycles. The molecule has 0 atom stereocenters. The maximum Gasteiger partial charge on any atom is 0.417 e. The fourth-order valence-corrected chi connectivity index (χ4v) is 1.68. The van der Waals surface area contributed by atoms with E-state index in [9.17, 15) is 22.8 Å². The molecule has 0 saturated carbocycles. The van der Waals surface area contributed by atoms with Crippen molar-refractivity contribution >= 4 is 35.2 Å². The predicted octanol–water partition coefficient (Wildman–Crippen LogP) is 2.52. The largest absolute Gasteiger partial charge is 0.465 e. The van der Waals surface area contributed by atoms with Crippen LogP contribution in [-0.2, 0) is 12.7 Å². The normalized spacial score (nSPS) is 10.9. The first-order valence-corrected chi connectivity index (χ1v) is 5.92. The molecule has 22 heavy (non-hydrogen) atoms. The molecule has 1 rings (SSSR count). The molecule has 5 N–H and O–H groups in total. The van der Waals surface area contributed by atoms with Crippen molar-refractivity contribution in [2.75, 3.05) is 5.32 Å². The zero-order valence-electron chi connectivity index (χ0n) is 10.7. The summed E-state index contributed by atoms with van der Waals surface area (Å²) < 4.78 is 38.4. The molecule has 11 heteroatoms. The van der Waals surface area contributed by atoms with Crippen LogP contribution in [0, 0.1) is 0 Å². The van der Waals surface area contributed by atoms with Gasteiger partial charge in [0, 0.05) is 5.69 Å². The summed E-state index contributed by atoms with van der Waals surface area (Å²) in [5, 5.41) is 19.4. The third kappa shape index (κ3) is 4.77. The van der Waals surface area contributed by atoms with Gasteiger partial charge in [0.15, 0.2) is 5.11 Å². The third-order valence-electron chi connectivity index (χ3n) is 2.39. The van der Waals surface area contributed by atoms with Crippen LogP contribution in [0.15, 0.2) is 18.2 Å². The summed E-state index contributed by atoms with van der Waals surface area (Å²) in [5.41, 5.74) is 3.75. The van der Waals surface area contributed by atoms with E-state index in [0.717, 1.165) is 6.07 Å². The van der Waals surface area contributed by atoms with Crippen LogP contribution in [0.2, 0.25) is 0 Å².